The first-order chi connectivity index (χ1) is 7.71. The lowest BCUT2D eigenvalue weighted by Gasteiger charge is -2.24. The molecule has 1 amide bonds. The molecule has 1 aliphatic heterocycles. The number of rotatable bonds is 4. The summed E-state index contributed by atoms with van der Waals surface area (Å²) in [6.07, 6.45) is 0.764. The van der Waals surface area contributed by atoms with Gasteiger partial charge in [-0.25, -0.2) is 18.2 Å². The van der Waals surface area contributed by atoms with Gasteiger partial charge < -0.3 is 0 Å². The lowest BCUT2D eigenvalue weighted by Crippen LogP contribution is -2.37. The van der Waals surface area contributed by atoms with Crippen molar-refractivity contribution in [1.82, 2.24) is 9.79 Å². The van der Waals surface area contributed by atoms with Gasteiger partial charge in [0, 0.05) is 19.5 Å². The predicted octanol–water partition coefficient (Wildman–Crippen LogP) is 0.332. The summed E-state index contributed by atoms with van der Waals surface area (Å²) in [4.78, 5) is 11.1. The predicted molar refractivity (Wildman–Crippen MR) is 62.9 cm³/mol. The summed E-state index contributed by atoms with van der Waals surface area (Å²) < 4.78 is 25.3. The highest BCUT2D eigenvalue weighted by Gasteiger charge is 2.41. The normalized spacial score (nSPS) is 26.4. The van der Waals surface area contributed by atoms with E-state index in [1.807, 2.05) is 6.92 Å². The molecule has 0 spiro atoms. The third-order valence-electron chi connectivity index (χ3n) is 3.19. The number of sulfonamides is 1. The minimum absolute atomic E-state index is 0.133. The van der Waals surface area contributed by atoms with Crippen LogP contribution < -0.4 is 5.48 Å². The lowest BCUT2D eigenvalue weighted by atomic mass is 9.86. The van der Waals surface area contributed by atoms with Crippen LogP contribution in [0.1, 0.15) is 33.6 Å². The van der Waals surface area contributed by atoms with Gasteiger partial charge in [0.1, 0.15) is 0 Å². The minimum atomic E-state index is -3.25. The van der Waals surface area contributed by atoms with Crippen molar-refractivity contribution < 1.29 is 18.4 Å². The first-order valence-corrected chi connectivity index (χ1v) is 7.13. The van der Waals surface area contributed by atoms with E-state index in [1.165, 1.54) is 4.31 Å². The maximum atomic E-state index is 12.0. The van der Waals surface area contributed by atoms with Crippen LogP contribution in [0.2, 0.25) is 0 Å². The molecule has 0 radical (unpaired) electrons. The Kier molecular flexibility index (Phi) is 4.16. The molecule has 1 fully saturated rings. The summed E-state index contributed by atoms with van der Waals surface area (Å²) >= 11 is 0. The molecule has 17 heavy (non-hydrogen) atoms. The van der Waals surface area contributed by atoms with Crippen molar-refractivity contribution >= 4 is 15.9 Å². The van der Waals surface area contributed by atoms with E-state index < -0.39 is 26.6 Å². The number of hydrogen-bond donors (Lipinski definition) is 2. The van der Waals surface area contributed by atoms with Crippen molar-refractivity contribution in [3.05, 3.63) is 0 Å². The van der Waals surface area contributed by atoms with E-state index in [4.69, 9.17) is 5.21 Å². The summed E-state index contributed by atoms with van der Waals surface area (Å²) in [7, 11) is -3.25. The zero-order valence-electron chi connectivity index (χ0n) is 10.4. The average molecular weight is 264 g/mol. The van der Waals surface area contributed by atoms with E-state index >= 15 is 0 Å². The van der Waals surface area contributed by atoms with Gasteiger partial charge >= 0.3 is 0 Å². The number of carbonyl (C=O) groups excluding carboxylic acids is 1. The van der Waals surface area contributed by atoms with Gasteiger partial charge in [0.15, 0.2) is 0 Å². The van der Waals surface area contributed by atoms with E-state index in [0.717, 1.165) is 0 Å². The molecule has 1 heterocycles. The summed E-state index contributed by atoms with van der Waals surface area (Å²) in [5.41, 5.74) is 1.19. The van der Waals surface area contributed by atoms with Crippen LogP contribution in [0.15, 0.2) is 0 Å². The first kappa shape index (κ1) is 14.4. The Morgan fingerprint density at radius 2 is 2.12 bits per heavy atom. The molecule has 1 saturated heterocycles. The zero-order valence-corrected chi connectivity index (χ0v) is 11.2. The third-order valence-corrected chi connectivity index (χ3v) is 5.41. The molecule has 7 heteroatoms. The topological polar surface area (TPSA) is 86.7 Å². The molecule has 2 N–H and O–H groups in total. The second-order valence-electron chi connectivity index (χ2n) is 5.20. The summed E-state index contributed by atoms with van der Waals surface area (Å²) in [6.45, 7) is 5.92. The summed E-state index contributed by atoms with van der Waals surface area (Å²) in [5.74, 6) is -0.476. The van der Waals surface area contributed by atoms with Gasteiger partial charge in [-0.3, -0.25) is 10.0 Å². The second-order valence-corrected chi connectivity index (χ2v) is 7.69. The van der Waals surface area contributed by atoms with Gasteiger partial charge in [-0.05, 0) is 25.7 Å². The molecule has 100 valence electrons. The number of amides is 1. The van der Waals surface area contributed by atoms with Gasteiger partial charge in [0.2, 0.25) is 15.9 Å². The Hall–Kier alpha value is -0.660. The largest absolute Gasteiger partial charge is 0.289 e. The quantitative estimate of drug-likeness (QED) is 0.566. The SMILES string of the molecule is CC(C)S(=O)(=O)N1CCC(C)(CC(=O)NO)C1. The highest BCUT2D eigenvalue weighted by Crippen LogP contribution is 2.35. The van der Waals surface area contributed by atoms with Crippen molar-refractivity contribution in [2.24, 2.45) is 5.41 Å². The van der Waals surface area contributed by atoms with E-state index in [0.29, 0.717) is 19.5 Å². The van der Waals surface area contributed by atoms with Crippen LogP contribution in [0.5, 0.6) is 0 Å². The molecule has 0 aliphatic carbocycles. The Balaban J connectivity index is 2.73. The molecular weight excluding hydrogens is 244 g/mol. The molecule has 0 aromatic carbocycles. The molecule has 6 nitrogen and oxygen atoms in total. The molecule has 0 bridgehead atoms. The summed E-state index contributed by atoms with van der Waals surface area (Å²) in [5, 5.41) is 8.04. The first-order valence-electron chi connectivity index (χ1n) is 5.63. The number of nitrogens with one attached hydrogen (secondary N) is 1. The molecule has 0 aromatic heterocycles. The van der Waals surface area contributed by atoms with Crippen LogP contribution in [-0.4, -0.2) is 42.2 Å². The fourth-order valence-corrected chi connectivity index (χ4v) is 3.50. The molecule has 0 aromatic rings. The maximum absolute atomic E-state index is 12.0. The maximum Gasteiger partial charge on any atom is 0.243 e. The van der Waals surface area contributed by atoms with Gasteiger partial charge in [-0.15, -0.1) is 0 Å². The van der Waals surface area contributed by atoms with Crippen LogP contribution in [0, 0.1) is 5.41 Å². The number of carbonyl (C=O) groups is 1. The van der Waals surface area contributed by atoms with Crippen LogP contribution in [0.4, 0.5) is 0 Å². The second kappa shape index (κ2) is 4.91. The van der Waals surface area contributed by atoms with Crippen LogP contribution in [0.3, 0.4) is 0 Å². The van der Waals surface area contributed by atoms with E-state index in [2.05, 4.69) is 0 Å². The monoisotopic (exact) mass is 264 g/mol. The minimum Gasteiger partial charge on any atom is -0.289 e. The zero-order chi connectivity index (χ0) is 13.3. The lowest BCUT2D eigenvalue weighted by molar-refractivity contribution is -0.131. The van der Waals surface area contributed by atoms with Crippen LogP contribution in [-0.2, 0) is 14.8 Å². The highest BCUT2D eigenvalue weighted by molar-refractivity contribution is 7.89. The average Bonchev–Trinajstić information content (AvgIpc) is 2.60. The Bertz CT molecular complexity index is 393. The van der Waals surface area contributed by atoms with E-state index in [-0.39, 0.29) is 6.42 Å². The molecule has 1 atom stereocenters. The molecule has 0 saturated carbocycles. The Labute approximate surface area is 102 Å². The fraction of sp³-hybridized carbons (Fsp3) is 0.900. The van der Waals surface area contributed by atoms with E-state index in [1.54, 1.807) is 19.3 Å². The van der Waals surface area contributed by atoms with Crippen molar-refractivity contribution in [1.29, 1.82) is 0 Å². The number of nitrogens with zero attached hydrogens (tertiary/aromatic N) is 1. The van der Waals surface area contributed by atoms with Gasteiger partial charge in [-0.1, -0.05) is 6.92 Å². The van der Waals surface area contributed by atoms with E-state index in [9.17, 15) is 13.2 Å². The van der Waals surface area contributed by atoms with Crippen molar-refractivity contribution in [3.63, 3.8) is 0 Å². The molecule has 1 aliphatic rings. The summed E-state index contributed by atoms with van der Waals surface area (Å²) in [6, 6.07) is 0. The molecule has 1 rings (SSSR count). The van der Waals surface area contributed by atoms with Crippen LogP contribution >= 0.6 is 0 Å². The number of hydroxylamine groups is 1. The highest BCUT2D eigenvalue weighted by atomic mass is 32.2. The van der Waals surface area contributed by atoms with Crippen molar-refractivity contribution in [3.8, 4) is 0 Å². The van der Waals surface area contributed by atoms with Crippen LogP contribution in [0.25, 0.3) is 0 Å². The standard InChI is InChI=1S/C10H20N2O4S/c1-8(2)17(15,16)12-5-4-10(3,7-12)6-9(13)11-14/h8,14H,4-7H2,1-3H3,(H,11,13). The Morgan fingerprint density at radius 3 is 2.59 bits per heavy atom. The number of hydrogen-bond acceptors (Lipinski definition) is 4. The molecule has 1 unspecified atom stereocenters. The smallest absolute Gasteiger partial charge is 0.243 e. The van der Waals surface area contributed by atoms with Crippen molar-refractivity contribution in [2.75, 3.05) is 13.1 Å². The van der Waals surface area contributed by atoms with Gasteiger partial charge in [-0.2, -0.15) is 0 Å². The van der Waals surface area contributed by atoms with Gasteiger partial charge in [0.25, 0.3) is 0 Å². The third kappa shape index (κ3) is 3.17. The Morgan fingerprint density at radius 1 is 1.53 bits per heavy atom. The van der Waals surface area contributed by atoms with Gasteiger partial charge in [0.05, 0.1) is 5.25 Å². The fourth-order valence-electron chi connectivity index (χ4n) is 2.07. The molecular formula is C10H20N2O4S. The van der Waals surface area contributed by atoms with Crippen molar-refractivity contribution in [2.45, 2.75) is 38.9 Å².